The van der Waals surface area contributed by atoms with E-state index >= 15 is 0 Å². The fourth-order valence-electron chi connectivity index (χ4n) is 4.69. The highest BCUT2D eigenvalue weighted by Crippen LogP contribution is 2.23. The fourth-order valence-corrected chi connectivity index (χ4v) is 5.24. The zero-order chi connectivity index (χ0) is 24.6. The quantitative estimate of drug-likeness (QED) is 0.437. The normalized spacial score (nSPS) is 16.4. The van der Waals surface area contributed by atoms with Gasteiger partial charge in [0.1, 0.15) is 6.33 Å². The van der Waals surface area contributed by atoms with Crippen LogP contribution in [-0.4, -0.2) is 57.6 Å². The minimum Gasteiger partial charge on any atom is -0.369 e. The number of hydrogen-bond donors (Lipinski definition) is 1. The van der Waals surface area contributed by atoms with Crippen LogP contribution >= 0.6 is 11.3 Å². The molecule has 0 bridgehead atoms. The second-order valence-electron chi connectivity index (χ2n) is 9.61. The van der Waals surface area contributed by atoms with Gasteiger partial charge in [0.25, 0.3) is 11.5 Å². The van der Waals surface area contributed by atoms with Crippen LogP contribution in [0, 0.1) is 6.92 Å². The van der Waals surface area contributed by atoms with Gasteiger partial charge >= 0.3 is 0 Å². The SMILES string of the molecule is Cc1ccc(C(=O)NC2CC2)cc1-n1cnc2ccc(N3CCN(Cc4cscn4)CC3)cc2c1=O. The van der Waals surface area contributed by atoms with E-state index in [9.17, 15) is 9.59 Å². The highest BCUT2D eigenvalue weighted by atomic mass is 32.1. The molecule has 2 aromatic heterocycles. The lowest BCUT2D eigenvalue weighted by Gasteiger charge is -2.35. The van der Waals surface area contributed by atoms with Gasteiger partial charge < -0.3 is 10.2 Å². The van der Waals surface area contributed by atoms with E-state index in [1.54, 1.807) is 28.3 Å². The van der Waals surface area contributed by atoms with Gasteiger partial charge in [0.05, 0.1) is 27.8 Å². The summed E-state index contributed by atoms with van der Waals surface area (Å²) in [4.78, 5) is 39.9. The van der Waals surface area contributed by atoms with Gasteiger partial charge in [-0.05, 0) is 55.7 Å². The maximum Gasteiger partial charge on any atom is 0.265 e. The van der Waals surface area contributed by atoms with E-state index in [1.165, 1.54) is 0 Å². The lowest BCUT2D eigenvalue weighted by atomic mass is 10.1. The van der Waals surface area contributed by atoms with Crippen LogP contribution in [0.15, 0.2) is 58.4 Å². The summed E-state index contributed by atoms with van der Waals surface area (Å²) in [6.45, 7) is 6.49. The lowest BCUT2D eigenvalue weighted by Crippen LogP contribution is -2.46. The maximum absolute atomic E-state index is 13.6. The predicted octanol–water partition coefficient (Wildman–Crippen LogP) is 3.37. The third-order valence-corrected chi connectivity index (χ3v) is 7.63. The van der Waals surface area contributed by atoms with Gasteiger partial charge in [0.2, 0.25) is 0 Å². The molecule has 1 N–H and O–H groups in total. The number of fused-ring (bicyclic) bond motifs is 1. The van der Waals surface area contributed by atoms with Crippen molar-refractivity contribution in [3.05, 3.63) is 80.8 Å². The van der Waals surface area contributed by atoms with Crippen LogP contribution < -0.4 is 15.8 Å². The van der Waals surface area contributed by atoms with Gasteiger partial charge in [-0.3, -0.25) is 19.1 Å². The minimum absolute atomic E-state index is 0.100. The summed E-state index contributed by atoms with van der Waals surface area (Å²) < 4.78 is 1.56. The second-order valence-corrected chi connectivity index (χ2v) is 10.3. The van der Waals surface area contributed by atoms with E-state index in [0.29, 0.717) is 22.2 Å². The molecule has 0 unspecified atom stereocenters. The van der Waals surface area contributed by atoms with Crippen molar-refractivity contribution in [3.8, 4) is 5.69 Å². The Balaban J connectivity index is 1.26. The molecule has 1 amide bonds. The third kappa shape index (κ3) is 4.64. The summed E-state index contributed by atoms with van der Waals surface area (Å²) in [5.74, 6) is -0.100. The van der Waals surface area contributed by atoms with E-state index in [2.05, 4.69) is 30.5 Å². The van der Waals surface area contributed by atoms with Gasteiger partial charge in [-0.2, -0.15) is 0 Å². The molecule has 36 heavy (non-hydrogen) atoms. The number of thiazole rings is 1. The van der Waals surface area contributed by atoms with E-state index in [1.807, 2.05) is 42.8 Å². The van der Waals surface area contributed by atoms with E-state index in [4.69, 9.17) is 0 Å². The van der Waals surface area contributed by atoms with Crippen LogP contribution in [0.25, 0.3) is 16.6 Å². The number of aryl methyl sites for hydroxylation is 1. The predicted molar refractivity (Wildman–Crippen MR) is 142 cm³/mol. The van der Waals surface area contributed by atoms with E-state index in [0.717, 1.165) is 62.5 Å². The van der Waals surface area contributed by atoms with Crippen molar-refractivity contribution in [1.82, 2.24) is 24.8 Å². The van der Waals surface area contributed by atoms with Gasteiger partial charge in [0, 0.05) is 55.4 Å². The first-order chi connectivity index (χ1) is 17.5. The van der Waals surface area contributed by atoms with Crippen molar-refractivity contribution < 1.29 is 4.79 Å². The molecule has 2 aliphatic rings. The molecule has 1 aliphatic carbocycles. The number of carbonyl (C=O) groups excluding carboxylic acids is 1. The molecular formula is C27H28N6O2S. The Kier molecular flexibility index (Phi) is 6.02. The largest absolute Gasteiger partial charge is 0.369 e. The van der Waals surface area contributed by atoms with Crippen LogP contribution in [0.1, 0.15) is 34.5 Å². The molecule has 2 aromatic carbocycles. The van der Waals surface area contributed by atoms with Gasteiger partial charge in [-0.15, -0.1) is 11.3 Å². The molecule has 1 saturated heterocycles. The van der Waals surface area contributed by atoms with Crippen molar-refractivity contribution in [1.29, 1.82) is 0 Å². The van der Waals surface area contributed by atoms with Crippen LogP contribution in [0.4, 0.5) is 5.69 Å². The average Bonchev–Trinajstić information content (AvgIpc) is 3.56. The van der Waals surface area contributed by atoms with Crippen LogP contribution in [-0.2, 0) is 6.54 Å². The molecule has 8 nitrogen and oxygen atoms in total. The Bertz CT molecular complexity index is 1470. The van der Waals surface area contributed by atoms with Crippen molar-refractivity contribution in [2.45, 2.75) is 32.4 Å². The smallest absolute Gasteiger partial charge is 0.265 e. The molecule has 1 aliphatic heterocycles. The number of amides is 1. The van der Waals surface area contributed by atoms with Gasteiger partial charge in [0.15, 0.2) is 0 Å². The number of rotatable bonds is 6. The molecule has 0 radical (unpaired) electrons. The summed E-state index contributed by atoms with van der Waals surface area (Å²) in [6.07, 6.45) is 3.62. The zero-order valence-electron chi connectivity index (χ0n) is 20.2. The standard InChI is InChI=1S/C27H28N6O2S/c1-18-2-3-19(26(34)30-20-4-5-20)12-25(18)33-16-28-24-7-6-22(13-23(24)27(33)35)32-10-8-31(9-11-32)14-21-15-36-17-29-21/h2-3,6-7,12-13,15-17,20H,4-5,8-11,14H2,1H3,(H,30,34). The van der Waals surface area contributed by atoms with Crippen molar-refractivity contribution >= 4 is 33.8 Å². The number of nitrogens with zero attached hydrogens (tertiary/aromatic N) is 5. The average molecular weight is 501 g/mol. The molecule has 6 rings (SSSR count). The summed E-state index contributed by atoms with van der Waals surface area (Å²) in [5.41, 5.74) is 6.71. The molecular weight excluding hydrogens is 472 g/mol. The summed E-state index contributed by atoms with van der Waals surface area (Å²) in [6, 6.07) is 11.7. The Hall–Kier alpha value is -3.56. The Morgan fingerprint density at radius 2 is 1.92 bits per heavy atom. The summed E-state index contributed by atoms with van der Waals surface area (Å²) >= 11 is 1.63. The molecule has 0 atom stereocenters. The molecule has 4 aromatic rings. The molecule has 1 saturated carbocycles. The zero-order valence-corrected chi connectivity index (χ0v) is 21.0. The number of aromatic nitrogens is 3. The van der Waals surface area contributed by atoms with Crippen LogP contribution in [0.5, 0.6) is 0 Å². The first kappa shape index (κ1) is 22.9. The molecule has 184 valence electrons. The number of nitrogens with one attached hydrogen (secondary N) is 1. The number of anilines is 1. The Morgan fingerprint density at radius 3 is 2.67 bits per heavy atom. The summed E-state index contributed by atoms with van der Waals surface area (Å²) in [7, 11) is 0. The lowest BCUT2D eigenvalue weighted by molar-refractivity contribution is 0.0951. The number of carbonyl (C=O) groups is 1. The van der Waals surface area contributed by atoms with Gasteiger partial charge in [-0.1, -0.05) is 6.07 Å². The van der Waals surface area contributed by atoms with Crippen molar-refractivity contribution in [3.63, 3.8) is 0 Å². The fraction of sp³-hybridized carbons (Fsp3) is 0.333. The molecule has 3 heterocycles. The highest BCUT2D eigenvalue weighted by molar-refractivity contribution is 7.07. The van der Waals surface area contributed by atoms with Crippen molar-refractivity contribution in [2.75, 3.05) is 31.1 Å². The number of benzene rings is 2. The van der Waals surface area contributed by atoms with Crippen LogP contribution in [0.2, 0.25) is 0 Å². The topological polar surface area (TPSA) is 83.4 Å². The van der Waals surface area contributed by atoms with Crippen LogP contribution in [0.3, 0.4) is 0 Å². The number of hydrogen-bond acceptors (Lipinski definition) is 7. The third-order valence-electron chi connectivity index (χ3n) is 6.99. The maximum atomic E-state index is 13.6. The molecule has 0 spiro atoms. The Morgan fingerprint density at radius 1 is 1.08 bits per heavy atom. The molecule has 2 fully saturated rings. The first-order valence-electron chi connectivity index (χ1n) is 12.3. The Labute approximate surface area is 213 Å². The minimum atomic E-state index is -0.133. The second kappa shape index (κ2) is 9.48. The van der Waals surface area contributed by atoms with Gasteiger partial charge in [-0.25, -0.2) is 9.97 Å². The molecule has 9 heteroatoms. The number of piperazine rings is 1. The summed E-state index contributed by atoms with van der Waals surface area (Å²) in [5, 5.41) is 5.70. The van der Waals surface area contributed by atoms with E-state index < -0.39 is 0 Å². The highest BCUT2D eigenvalue weighted by Gasteiger charge is 2.24. The monoisotopic (exact) mass is 500 g/mol. The first-order valence-corrected chi connectivity index (χ1v) is 13.3. The van der Waals surface area contributed by atoms with E-state index in [-0.39, 0.29) is 17.5 Å². The van der Waals surface area contributed by atoms with Crippen molar-refractivity contribution in [2.24, 2.45) is 0 Å².